The number of aromatic nitrogens is 3. The minimum absolute atomic E-state index is 0.0841. The molecule has 1 aliphatic heterocycles. The van der Waals surface area contributed by atoms with Gasteiger partial charge in [0, 0.05) is 11.6 Å². The smallest absolute Gasteiger partial charge is 0.164 e. The van der Waals surface area contributed by atoms with Gasteiger partial charge >= 0.3 is 0 Å². The lowest BCUT2D eigenvalue weighted by molar-refractivity contribution is -0.136. The zero-order valence-electron chi connectivity index (χ0n) is 15.1. The third-order valence-corrected chi connectivity index (χ3v) is 5.59. The minimum atomic E-state index is -1.78. The number of hydrogen-bond donors (Lipinski definition) is 3. The van der Waals surface area contributed by atoms with Crippen molar-refractivity contribution in [1.82, 2.24) is 14.5 Å². The van der Waals surface area contributed by atoms with Gasteiger partial charge < -0.3 is 24.6 Å². The van der Waals surface area contributed by atoms with Crippen molar-refractivity contribution in [2.45, 2.75) is 44.0 Å². The van der Waals surface area contributed by atoms with Crippen LogP contribution in [0.25, 0.3) is 11.0 Å². The maximum atomic E-state index is 13.9. The zero-order chi connectivity index (χ0) is 20.2. The second-order valence-corrected chi connectivity index (χ2v) is 7.53. The fraction of sp³-hybridized carbons (Fsp3) is 0.368. The lowest BCUT2D eigenvalue weighted by Crippen LogP contribution is -2.45. The first-order chi connectivity index (χ1) is 13.2. The monoisotopic (exact) mass is 407 g/mol. The average Bonchev–Trinajstić information content (AvgIpc) is 3.20. The summed E-state index contributed by atoms with van der Waals surface area (Å²) in [6.07, 6.45) is -1.88. The van der Waals surface area contributed by atoms with Crippen molar-refractivity contribution in [2.75, 3.05) is 0 Å². The van der Waals surface area contributed by atoms with Gasteiger partial charge in [0.25, 0.3) is 0 Å². The van der Waals surface area contributed by atoms with Crippen LogP contribution in [0.15, 0.2) is 36.8 Å². The van der Waals surface area contributed by atoms with Crippen molar-refractivity contribution in [3.63, 3.8) is 0 Å². The second kappa shape index (κ2) is 6.75. The van der Waals surface area contributed by atoms with E-state index in [0.29, 0.717) is 5.65 Å². The van der Waals surface area contributed by atoms with Gasteiger partial charge in [-0.15, -0.1) is 0 Å². The molecular weight excluding hydrogens is 389 g/mol. The Morgan fingerprint density at radius 1 is 1.21 bits per heavy atom. The van der Waals surface area contributed by atoms with Crippen LogP contribution in [0.3, 0.4) is 0 Å². The van der Waals surface area contributed by atoms with Crippen LogP contribution in [0.1, 0.15) is 24.4 Å². The molecule has 28 heavy (non-hydrogen) atoms. The lowest BCUT2D eigenvalue weighted by Gasteiger charge is -2.32. The largest absolute Gasteiger partial charge is 0.387 e. The summed E-state index contributed by atoms with van der Waals surface area (Å²) in [7, 11) is 0. The van der Waals surface area contributed by atoms with Crippen LogP contribution in [-0.4, -0.2) is 48.2 Å². The molecule has 7 nitrogen and oxygen atoms in total. The number of ether oxygens (including phenoxy) is 1. The van der Waals surface area contributed by atoms with Crippen molar-refractivity contribution in [3.8, 4) is 0 Å². The molecule has 0 spiro atoms. The van der Waals surface area contributed by atoms with E-state index in [-0.39, 0.29) is 10.6 Å². The van der Waals surface area contributed by atoms with Crippen LogP contribution < -0.4 is 0 Å². The van der Waals surface area contributed by atoms with E-state index in [1.807, 2.05) is 6.92 Å². The van der Waals surface area contributed by atoms with E-state index < -0.39 is 36.0 Å². The second-order valence-electron chi connectivity index (χ2n) is 7.12. The number of hydrogen-bond acceptors (Lipinski definition) is 6. The third-order valence-electron chi connectivity index (χ3n) is 5.28. The Bertz CT molecular complexity index is 1040. The third kappa shape index (κ3) is 2.89. The van der Waals surface area contributed by atoms with E-state index in [2.05, 4.69) is 9.97 Å². The number of aliphatic hydroxyl groups excluding tert-OH is 2. The topological polar surface area (TPSA) is 101 Å². The lowest BCUT2D eigenvalue weighted by atomic mass is 9.86. The van der Waals surface area contributed by atoms with Crippen molar-refractivity contribution in [1.29, 1.82) is 0 Å². The fourth-order valence-corrected chi connectivity index (χ4v) is 3.75. The first-order valence-electron chi connectivity index (χ1n) is 8.69. The van der Waals surface area contributed by atoms with Gasteiger partial charge in [0.15, 0.2) is 6.23 Å². The Balaban J connectivity index is 1.71. The average molecular weight is 408 g/mol. The molecular formula is C19H19ClFN3O4. The van der Waals surface area contributed by atoms with Crippen molar-refractivity contribution in [2.24, 2.45) is 0 Å². The van der Waals surface area contributed by atoms with Crippen molar-refractivity contribution < 1.29 is 24.4 Å². The van der Waals surface area contributed by atoms with Crippen LogP contribution in [0.2, 0.25) is 5.02 Å². The van der Waals surface area contributed by atoms with Gasteiger partial charge in [-0.05, 0) is 37.6 Å². The number of aryl methyl sites for hydroxylation is 1. The molecule has 1 fully saturated rings. The summed E-state index contributed by atoms with van der Waals surface area (Å²) < 4.78 is 21.3. The highest BCUT2D eigenvalue weighted by atomic mass is 35.5. The van der Waals surface area contributed by atoms with Crippen LogP contribution in [0, 0.1) is 12.7 Å². The molecule has 148 valence electrons. The van der Waals surface area contributed by atoms with Crippen LogP contribution >= 0.6 is 11.6 Å². The molecule has 0 unspecified atom stereocenters. The van der Waals surface area contributed by atoms with Crippen molar-refractivity contribution >= 4 is 22.6 Å². The molecule has 0 amide bonds. The maximum absolute atomic E-state index is 13.9. The van der Waals surface area contributed by atoms with Crippen LogP contribution in [-0.2, 0) is 10.3 Å². The molecule has 1 aromatic carbocycles. The highest BCUT2D eigenvalue weighted by Gasteiger charge is 2.52. The molecule has 3 heterocycles. The normalized spacial score (nSPS) is 27.2. The van der Waals surface area contributed by atoms with Gasteiger partial charge in [0.2, 0.25) is 0 Å². The molecule has 3 aromatic rings. The van der Waals surface area contributed by atoms with E-state index in [4.69, 9.17) is 16.3 Å². The molecule has 2 aromatic heterocycles. The highest BCUT2D eigenvalue weighted by molar-refractivity contribution is 6.30. The SMILES string of the molecule is Cc1ncnc2c1ccn2[C@@H]1O[C@H]([C@](C)(O)c2ccc(Cl)c(F)c2)[C@@H](O)[C@H]1O. The first kappa shape index (κ1) is 19.2. The number of nitrogens with zero attached hydrogens (tertiary/aromatic N) is 3. The Morgan fingerprint density at radius 3 is 2.68 bits per heavy atom. The molecule has 3 N–H and O–H groups in total. The number of benzene rings is 1. The summed E-state index contributed by atoms with van der Waals surface area (Å²) in [5, 5.41) is 32.9. The van der Waals surface area contributed by atoms with E-state index >= 15 is 0 Å². The van der Waals surface area contributed by atoms with Gasteiger partial charge in [0.05, 0.1) is 10.7 Å². The number of aliphatic hydroxyl groups is 3. The minimum Gasteiger partial charge on any atom is -0.387 e. The van der Waals surface area contributed by atoms with Crippen LogP contribution in [0.5, 0.6) is 0 Å². The summed E-state index contributed by atoms with van der Waals surface area (Å²) in [5.41, 5.74) is -0.325. The molecule has 0 bridgehead atoms. The summed E-state index contributed by atoms with van der Waals surface area (Å²) in [6, 6.07) is 5.63. The predicted molar refractivity (Wildman–Crippen MR) is 99.2 cm³/mol. The van der Waals surface area contributed by atoms with Crippen LogP contribution in [0.4, 0.5) is 4.39 Å². The van der Waals surface area contributed by atoms with Crippen molar-refractivity contribution in [3.05, 3.63) is 58.9 Å². The standard InChI is InChI=1S/C19H19ClFN3O4/c1-9-11-5-6-24(17(11)23-8-22-9)18-15(26)14(25)16(28-18)19(2,27)10-3-4-12(20)13(21)7-10/h3-8,14-16,18,25-27H,1-2H3/t14-,15+,16-,18+,19+/m0/s1. The summed E-state index contributed by atoms with van der Waals surface area (Å²) in [4.78, 5) is 8.35. The number of fused-ring (bicyclic) bond motifs is 1. The van der Waals surface area contributed by atoms with E-state index in [1.54, 1.807) is 16.8 Å². The van der Waals surface area contributed by atoms with E-state index in [1.165, 1.54) is 25.4 Å². The molecule has 1 saturated heterocycles. The molecule has 4 rings (SSSR count). The quantitative estimate of drug-likeness (QED) is 0.614. The molecule has 5 atom stereocenters. The maximum Gasteiger partial charge on any atom is 0.164 e. The highest BCUT2D eigenvalue weighted by Crippen LogP contribution is 2.41. The molecule has 1 aliphatic rings. The molecule has 9 heteroatoms. The van der Waals surface area contributed by atoms with Gasteiger partial charge in [0.1, 0.15) is 41.7 Å². The first-order valence-corrected chi connectivity index (χ1v) is 9.07. The predicted octanol–water partition coefficient (Wildman–Crippen LogP) is 2.06. The van der Waals surface area contributed by atoms with Gasteiger partial charge in [-0.3, -0.25) is 0 Å². The number of halogens is 2. The van der Waals surface area contributed by atoms with E-state index in [9.17, 15) is 19.7 Å². The summed E-state index contributed by atoms with van der Waals surface area (Å²) >= 11 is 5.71. The Labute approximate surface area is 165 Å². The number of rotatable bonds is 3. The summed E-state index contributed by atoms with van der Waals surface area (Å²) in [6.45, 7) is 3.22. The zero-order valence-corrected chi connectivity index (χ0v) is 15.9. The van der Waals surface area contributed by atoms with Gasteiger partial charge in [-0.25, -0.2) is 14.4 Å². The fourth-order valence-electron chi connectivity index (χ4n) is 3.63. The Hall–Kier alpha value is -2.10. The van der Waals surface area contributed by atoms with Gasteiger partial charge in [-0.1, -0.05) is 17.7 Å². The van der Waals surface area contributed by atoms with E-state index in [0.717, 1.165) is 17.1 Å². The Morgan fingerprint density at radius 2 is 1.96 bits per heavy atom. The molecule has 0 aliphatic carbocycles. The van der Waals surface area contributed by atoms with Gasteiger partial charge in [-0.2, -0.15) is 0 Å². The summed E-state index contributed by atoms with van der Waals surface area (Å²) in [5.74, 6) is -0.701. The Kier molecular flexibility index (Phi) is 4.64. The molecule has 0 saturated carbocycles. The molecule has 0 radical (unpaired) electrons.